The standard InChI is InChI=1S/2C15H11N3.2H2O4S.2H2O.2Zn/c2*1-3-10-16-12(6-1)14-8-5-9-15(18-14)13-7-2-4-11-17-13;2*1-5(2,3)4;;;;/h2*1-11H;2*(H2,1,2,3,4);2*1H2;;/q;;;;;;2*+2/p-4. The molecule has 6 aromatic heterocycles. The molecule has 0 saturated heterocycles. The van der Waals surface area contributed by atoms with Crippen LogP contribution in [0.5, 0.6) is 0 Å². The second-order valence-corrected chi connectivity index (χ2v) is 10.1. The summed E-state index contributed by atoms with van der Waals surface area (Å²) in [6.45, 7) is 0. The van der Waals surface area contributed by atoms with E-state index < -0.39 is 20.8 Å². The third-order valence-electron chi connectivity index (χ3n) is 5.21. The summed E-state index contributed by atoms with van der Waals surface area (Å²) in [5.74, 6) is 0. The molecule has 6 aromatic rings. The molecule has 252 valence electrons. The van der Waals surface area contributed by atoms with Crippen LogP contribution in [0.1, 0.15) is 0 Å². The topological polar surface area (TPSA) is 301 Å². The van der Waals surface area contributed by atoms with Crippen molar-refractivity contribution in [2.45, 2.75) is 0 Å². The van der Waals surface area contributed by atoms with Crippen molar-refractivity contribution >= 4 is 20.8 Å². The largest absolute Gasteiger partial charge is 2.00 e. The van der Waals surface area contributed by atoms with Crippen LogP contribution in [0.2, 0.25) is 0 Å². The fraction of sp³-hybridized carbons (Fsp3) is 0. The van der Waals surface area contributed by atoms with Gasteiger partial charge in [0.05, 0.1) is 45.6 Å². The van der Waals surface area contributed by atoms with Gasteiger partial charge in [-0.25, -0.2) is 9.97 Å². The van der Waals surface area contributed by atoms with Gasteiger partial charge in [-0.1, -0.05) is 36.4 Å². The molecule has 0 fully saturated rings. The first-order valence-electron chi connectivity index (χ1n) is 12.8. The van der Waals surface area contributed by atoms with Crippen molar-refractivity contribution in [3.63, 3.8) is 0 Å². The van der Waals surface area contributed by atoms with Gasteiger partial charge < -0.3 is 29.2 Å². The molecule has 0 aliphatic rings. The first-order valence-corrected chi connectivity index (χ1v) is 15.5. The zero-order valence-electron chi connectivity index (χ0n) is 25.9. The number of aromatic nitrogens is 6. The van der Waals surface area contributed by atoms with Crippen molar-refractivity contribution in [2.75, 3.05) is 0 Å². The number of nitrogens with zero attached hydrogens (tertiary/aromatic N) is 6. The van der Waals surface area contributed by atoms with Crippen molar-refractivity contribution in [3.05, 3.63) is 134 Å². The number of pyridine rings is 6. The van der Waals surface area contributed by atoms with Crippen LogP contribution in [0.4, 0.5) is 0 Å². The smallest absolute Gasteiger partial charge is 0.759 e. The predicted octanol–water partition coefficient (Wildman–Crippen LogP) is 2.08. The molecule has 6 rings (SSSR count). The normalized spacial score (nSPS) is 9.68. The third kappa shape index (κ3) is 19.7. The average molecular weight is 825 g/mol. The number of rotatable bonds is 4. The van der Waals surface area contributed by atoms with Gasteiger partial charge in [0, 0.05) is 45.6 Å². The molecular formula is C30H26N6O10S2Zn2. The maximum Gasteiger partial charge on any atom is 2.00 e. The van der Waals surface area contributed by atoms with E-state index in [1.54, 1.807) is 24.8 Å². The first kappa shape index (κ1) is 47.9. The van der Waals surface area contributed by atoms with Crippen molar-refractivity contribution in [2.24, 2.45) is 0 Å². The van der Waals surface area contributed by atoms with E-state index in [0.717, 1.165) is 45.6 Å². The van der Waals surface area contributed by atoms with E-state index in [-0.39, 0.29) is 49.9 Å². The third-order valence-corrected chi connectivity index (χ3v) is 5.21. The molecule has 0 bridgehead atoms. The Labute approximate surface area is 313 Å². The molecule has 0 radical (unpaired) electrons. The summed E-state index contributed by atoms with van der Waals surface area (Å²) in [4.78, 5) is 26.4. The van der Waals surface area contributed by atoms with Crippen molar-refractivity contribution < 1.29 is 85.0 Å². The quantitative estimate of drug-likeness (QED) is 0.140. The number of hydrogen-bond acceptors (Lipinski definition) is 14. The van der Waals surface area contributed by atoms with Gasteiger partial charge in [-0.05, 0) is 72.8 Å². The first-order chi connectivity index (χ1) is 21.9. The van der Waals surface area contributed by atoms with Gasteiger partial charge >= 0.3 is 39.0 Å². The van der Waals surface area contributed by atoms with Gasteiger partial charge in [0.2, 0.25) is 0 Å². The Morgan fingerprint density at radius 2 is 0.520 bits per heavy atom. The summed E-state index contributed by atoms with van der Waals surface area (Å²) in [7, 11) is -10.3. The SMILES string of the molecule is O.O.O=S(=O)([O-])[O-].O=S(=O)([O-])[O-].[Zn+2].[Zn+2].c1ccc(-c2cccc(-c3ccccn3)n2)nc1.c1ccc(-c2cccc(-c3ccccn3)n2)nc1. The van der Waals surface area contributed by atoms with Crippen molar-refractivity contribution in [3.8, 4) is 45.6 Å². The molecule has 0 atom stereocenters. The molecule has 0 spiro atoms. The zero-order valence-corrected chi connectivity index (χ0v) is 33.4. The summed E-state index contributed by atoms with van der Waals surface area (Å²) in [6, 6.07) is 35.0. The van der Waals surface area contributed by atoms with Crippen LogP contribution in [0, 0.1) is 0 Å². The summed E-state index contributed by atoms with van der Waals surface area (Å²) >= 11 is 0. The molecular weight excluding hydrogens is 799 g/mol. The predicted molar refractivity (Wildman–Crippen MR) is 170 cm³/mol. The van der Waals surface area contributed by atoms with E-state index in [1.807, 2.05) is 109 Å². The Morgan fingerprint density at radius 3 is 0.680 bits per heavy atom. The summed E-state index contributed by atoms with van der Waals surface area (Å²) in [5.41, 5.74) is 6.92. The van der Waals surface area contributed by atoms with Crippen LogP contribution < -0.4 is 0 Å². The van der Waals surface area contributed by atoms with Gasteiger partial charge in [-0.2, -0.15) is 0 Å². The maximum atomic E-state index is 8.52. The molecule has 0 aromatic carbocycles. The van der Waals surface area contributed by atoms with E-state index >= 15 is 0 Å². The minimum Gasteiger partial charge on any atom is -0.759 e. The minimum atomic E-state index is -5.17. The number of hydrogen-bond donors (Lipinski definition) is 0. The van der Waals surface area contributed by atoms with Crippen LogP contribution in [-0.4, -0.2) is 75.9 Å². The minimum absolute atomic E-state index is 0. The Morgan fingerprint density at radius 1 is 0.340 bits per heavy atom. The van der Waals surface area contributed by atoms with Gasteiger partial charge in [-0.15, -0.1) is 0 Å². The van der Waals surface area contributed by atoms with Gasteiger partial charge in [0.25, 0.3) is 0 Å². The Hall–Kier alpha value is -4.19. The van der Waals surface area contributed by atoms with Crippen LogP contribution in [-0.2, 0) is 59.8 Å². The molecule has 50 heavy (non-hydrogen) atoms. The summed E-state index contributed by atoms with van der Waals surface area (Å²) in [5, 5.41) is 0. The van der Waals surface area contributed by atoms with Crippen molar-refractivity contribution in [1.29, 1.82) is 0 Å². The Kier molecular flexibility index (Phi) is 23.0. The van der Waals surface area contributed by atoms with Gasteiger partial charge in [0.15, 0.2) is 0 Å². The maximum absolute atomic E-state index is 8.52. The fourth-order valence-corrected chi connectivity index (χ4v) is 3.50. The fourth-order valence-electron chi connectivity index (χ4n) is 3.50. The molecule has 20 heteroatoms. The molecule has 4 N–H and O–H groups in total. The van der Waals surface area contributed by atoms with Gasteiger partial charge in [-0.3, -0.25) is 36.8 Å². The second kappa shape index (κ2) is 24.0. The van der Waals surface area contributed by atoms with Crippen molar-refractivity contribution in [1.82, 2.24) is 29.9 Å². The van der Waals surface area contributed by atoms with Gasteiger partial charge in [0.1, 0.15) is 0 Å². The monoisotopic (exact) mass is 822 g/mol. The molecule has 0 saturated carbocycles. The Balaban J connectivity index is 0. The van der Waals surface area contributed by atoms with Crippen LogP contribution in [0.25, 0.3) is 45.6 Å². The van der Waals surface area contributed by atoms with Crippen LogP contribution in [0.3, 0.4) is 0 Å². The zero-order chi connectivity index (χ0) is 33.4. The van der Waals surface area contributed by atoms with E-state index in [1.165, 1.54) is 0 Å². The van der Waals surface area contributed by atoms with E-state index in [4.69, 9.17) is 35.0 Å². The summed E-state index contributed by atoms with van der Waals surface area (Å²) in [6.07, 6.45) is 7.07. The average Bonchev–Trinajstić information content (AvgIpc) is 3.05. The molecule has 0 aliphatic heterocycles. The molecule has 0 amide bonds. The van der Waals surface area contributed by atoms with E-state index in [0.29, 0.717) is 0 Å². The molecule has 16 nitrogen and oxygen atoms in total. The molecule has 0 aliphatic carbocycles. The van der Waals surface area contributed by atoms with E-state index in [2.05, 4.69) is 29.9 Å². The van der Waals surface area contributed by atoms with E-state index in [9.17, 15) is 0 Å². The van der Waals surface area contributed by atoms with Crippen LogP contribution in [0.15, 0.2) is 134 Å². The molecule has 6 heterocycles. The van der Waals surface area contributed by atoms with Crippen LogP contribution >= 0.6 is 0 Å². The summed E-state index contributed by atoms with van der Waals surface area (Å²) < 4.78 is 68.2. The molecule has 0 unspecified atom stereocenters. The second-order valence-electron chi connectivity index (χ2n) is 8.49. The Bertz CT molecular complexity index is 1750.